The Bertz CT molecular complexity index is 155. The van der Waals surface area contributed by atoms with Crippen molar-refractivity contribution in [3.63, 3.8) is 0 Å². The van der Waals surface area contributed by atoms with E-state index in [1.165, 1.54) is 24.6 Å². The molecule has 3 heteroatoms. The van der Waals surface area contributed by atoms with Gasteiger partial charge in [-0.1, -0.05) is 32.8 Å². The van der Waals surface area contributed by atoms with Crippen LogP contribution in [0.2, 0.25) is 0 Å². The van der Waals surface area contributed by atoms with Crippen molar-refractivity contribution in [1.82, 2.24) is 0 Å². The van der Waals surface area contributed by atoms with Crippen LogP contribution >= 0.6 is 24.0 Å². The van der Waals surface area contributed by atoms with Crippen LogP contribution in [0.15, 0.2) is 11.5 Å². The van der Waals surface area contributed by atoms with E-state index in [4.69, 9.17) is 17.0 Å². The molecule has 0 aliphatic carbocycles. The largest absolute Gasteiger partial charge is 0.478 e. The van der Waals surface area contributed by atoms with Crippen LogP contribution in [0.4, 0.5) is 0 Å². The Balaban J connectivity index is 3.29. The summed E-state index contributed by atoms with van der Waals surface area (Å²) in [4.78, 5) is 0. The van der Waals surface area contributed by atoms with Crippen LogP contribution in [0, 0.1) is 0 Å². The zero-order valence-electron chi connectivity index (χ0n) is 8.41. The molecule has 0 aromatic carbocycles. The summed E-state index contributed by atoms with van der Waals surface area (Å²) in [5, 5.41) is 2.02. The first-order chi connectivity index (χ1) is 6.31. The zero-order valence-corrected chi connectivity index (χ0v) is 10.0. The van der Waals surface area contributed by atoms with Gasteiger partial charge in [-0.15, -0.1) is 0 Å². The molecule has 0 aliphatic heterocycles. The predicted molar refractivity (Wildman–Crippen MR) is 65.1 cm³/mol. The van der Waals surface area contributed by atoms with Gasteiger partial charge in [-0.2, -0.15) is 0 Å². The number of thioether (sulfide) groups is 1. The van der Waals surface area contributed by atoms with Crippen LogP contribution in [-0.2, 0) is 4.74 Å². The number of unbranched alkanes of at least 4 members (excludes halogenated alkanes) is 2. The van der Waals surface area contributed by atoms with Gasteiger partial charge in [0.15, 0.2) is 0 Å². The second-order valence-corrected chi connectivity index (χ2v) is 4.24. The van der Waals surface area contributed by atoms with Gasteiger partial charge < -0.3 is 4.74 Å². The van der Waals surface area contributed by atoms with Gasteiger partial charge in [0.25, 0.3) is 0 Å². The predicted octanol–water partition coefficient (Wildman–Crippen LogP) is 4.14. The van der Waals surface area contributed by atoms with Crippen molar-refractivity contribution in [3.05, 3.63) is 11.5 Å². The fraction of sp³-hybridized carbons (Fsp3) is 0.700. The Morgan fingerprint density at radius 2 is 2.15 bits per heavy atom. The van der Waals surface area contributed by atoms with Crippen LogP contribution in [0.3, 0.4) is 0 Å². The van der Waals surface area contributed by atoms with E-state index in [-0.39, 0.29) is 0 Å². The highest BCUT2D eigenvalue weighted by atomic mass is 32.2. The molecule has 0 rings (SSSR count). The Kier molecular flexibility index (Phi) is 10.0. The first-order valence-corrected chi connectivity index (χ1v) is 6.08. The monoisotopic (exact) mass is 218 g/mol. The van der Waals surface area contributed by atoms with Gasteiger partial charge >= 0.3 is 0 Å². The van der Waals surface area contributed by atoms with Crippen molar-refractivity contribution in [2.75, 3.05) is 6.61 Å². The van der Waals surface area contributed by atoms with Crippen molar-refractivity contribution in [1.29, 1.82) is 0 Å². The number of rotatable bonds is 6. The third kappa shape index (κ3) is 9.90. The lowest BCUT2D eigenvalue weighted by Crippen LogP contribution is -1.95. The first-order valence-electron chi connectivity index (χ1n) is 4.79. The maximum absolute atomic E-state index is 5.24. The van der Waals surface area contributed by atoms with Gasteiger partial charge in [0.2, 0.25) is 4.38 Å². The van der Waals surface area contributed by atoms with Crippen molar-refractivity contribution in [2.45, 2.75) is 39.5 Å². The molecule has 0 aliphatic rings. The molecule has 0 aromatic rings. The summed E-state index contributed by atoms with van der Waals surface area (Å²) >= 11 is 6.48. The zero-order chi connectivity index (χ0) is 9.94. The van der Waals surface area contributed by atoms with E-state index in [2.05, 4.69) is 19.9 Å². The number of allylic oxidation sites excluding steroid dienone is 1. The number of thiocarbonyl (C=S) groups is 1. The topological polar surface area (TPSA) is 9.23 Å². The first kappa shape index (κ1) is 13.0. The molecule has 0 fully saturated rings. The minimum atomic E-state index is 0.634. The van der Waals surface area contributed by atoms with Crippen LogP contribution in [0.5, 0.6) is 0 Å². The van der Waals surface area contributed by atoms with E-state index in [9.17, 15) is 0 Å². The van der Waals surface area contributed by atoms with Crippen LogP contribution in [-0.4, -0.2) is 11.0 Å². The second-order valence-electron chi connectivity index (χ2n) is 2.73. The molecule has 0 N–H and O–H groups in total. The summed E-state index contributed by atoms with van der Waals surface area (Å²) in [7, 11) is 0. The van der Waals surface area contributed by atoms with Gasteiger partial charge in [-0.3, -0.25) is 0 Å². The Morgan fingerprint density at radius 3 is 2.77 bits per heavy atom. The van der Waals surface area contributed by atoms with Crippen molar-refractivity contribution in [2.24, 2.45) is 0 Å². The SMILES string of the molecule is CCCC/C=C\SC(=S)OCCC. The molecular weight excluding hydrogens is 200 g/mol. The summed E-state index contributed by atoms with van der Waals surface area (Å²) in [6.45, 7) is 5.00. The molecule has 0 atom stereocenters. The van der Waals surface area contributed by atoms with E-state index in [1.807, 2.05) is 5.41 Å². The molecule has 1 nitrogen and oxygen atoms in total. The Morgan fingerprint density at radius 1 is 1.38 bits per heavy atom. The smallest absolute Gasteiger partial charge is 0.224 e. The van der Waals surface area contributed by atoms with E-state index < -0.39 is 0 Å². The van der Waals surface area contributed by atoms with Gasteiger partial charge in [0, 0.05) is 0 Å². The van der Waals surface area contributed by atoms with E-state index in [0.29, 0.717) is 4.38 Å². The van der Waals surface area contributed by atoms with E-state index >= 15 is 0 Å². The second kappa shape index (κ2) is 10.1. The molecule has 0 bridgehead atoms. The summed E-state index contributed by atoms with van der Waals surface area (Å²) < 4.78 is 5.87. The minimum absolute atomic E-state index is 0.634. The van der Waals surface area contributed by atoms with Crippen molar-refractivity contribution >= 4 is 28.4 Å². The molecule has 0 saturated carbocycles. The average molecular weight is 218 g/mol. The fourth-order valence-electron chi connectivity index (χ4n) is 0.713. The number of hydrogen-bond acceptors (Lipinski definition) is 3. The lowest BCUT2D eigenvalue weighted by atomic mass is 10.2. The van der Waals surface area contributed by atoms with Gasteiger partial charge in [-0.25, -0.2) is 0 Å². The van der Waals surface area contributed by atoms with Gasteiger partial charge in [0.1, 0.15) is 0 Å². The maximum Gasteiger partial charge on any atom is 0.224 e. The molecule has 0 amide bonds. The molecule has 0 heterocycles. The Hall–Kier alpha value is -0.0200. The fourth-order valence-corrected chi connectivity index (χ4v) is 1.46. The highest BCUT2D eigenvalue weighted by molar-refractivity contribution is 8.24. The summed E-state index contributed by atoms with van der Waals surface area (Å²) in [6, 6.07) is 0. The summed E-state index contributed by atoms with van der Waals surface area (Å²) in [5.41, 5.74) is 0. The van der Waals surface area contributed by atoms with Gasteiger partial charge in [-0.05, 0) is 42.2 Å². The Labute approximate surface area is 90.9 Å². The molecule has 0 aromatic heterocycles. The molecule has 0 spiro atoms. The van der Waals surface area contributed by atoms with Crippen LogP contribution in [0.25, 0.3) is 0 Å². The number of hydrogen-bond donors (Lipinski definition) is 0. The molecule has 0 radical (unpaired) electrons. The molecule has 76 valence electrons. The van der Waals surface area contributed by atoms with Crippen molar-refractivity contribution < 1.29 is 4.74 Å². The van der Waals surface area contributed by atoms with E-state index in [1.54, 1.807) is 0 Å². The normalized spacial score (nSPS) is 10.6. The maximum atomic E-state index is 5.24. The average Bonchev–Trinajstić information content (AvgIpc) is 2.14. The molecular formula is C10H18OS2. The standard InChI is InChI=1S/C10H18OS2/c1-3-5-6-7-9-13-10(12)11-8-4-2/h7,9H,3-6,8H2,1-2H3/b9-7-. The third-order valence-electron chi connectivity index (χ3n) is 1.41. The summed E-state index contributed by atoms with van der Waals surface area (Å²) in [5.74, 6) is 0. The van der Waals surface area contributed by atoms with Crippen LogP contribution in [0.1, 0.15) is 39.5 Å². The van der Waals surface area contributed by atoms with Gasteiger partial charge in [0.05, 0.1) is 6.61 Å². The third-order valence-corrected chi connectivity index (χ3v) is 2.45. The van der Waals surface area contributed by atoms with Crippen molar-refractivity contribution in [3.8, 4) is 0 Å². The lowest BCUT2D eigenvalue weighted by molar-refractivity contribution is 0.322. The number of ether oxygens (including phenoxy) is 1. The summed E-state index contributed by atoms with van der Waals surface area (Å²) in [6.07, 6.45) is 6.79. The van der Waals surface area contributed by atoms with E-state index in [0.717, 1.165) is 19.4 Å². The highest BCUT2D eigenvalue weighted by Gasteiger charge is 1.92. The molecule has 0 unspecified atom stereocenters. The minimum Gasteiger partial charge on any atom is -0.478 e. The molecule has 13 heavy (non-hydrogen) atoms. The highest BCUT2D eigenvalue weighted by Crippen LogP contribution is 2.09. The van der Waals surface area contributed by atoms with Crippen LogP contribution < -0.4 is 0 Å². The lowest BCUT2D eigenvalue weighted by Gasteiger charge is -2.01. The molecule has 0 saturated heterocycles. The quantitative estimate of drug-likeness (QED) is 0.490.